The van der Waals surface area contributed by atoms with E-state index in [4.69, 9.17) is 14.2 Å². The first-order valence-electron chi connectivity index (χ1n) is 8.78. The van der Waals surface area contributed by atoms with Crippen molar-refractivity contribution in [3.05, 3.63) is 71.4 Å². The minimum atomic E-state index is -1.07. The monoisotopic (exact) mass is 351 g/mol. The van der Waals surface area contributed by atoms with E-state index in [2.05, 4.69) is 0 Å². The first kappa shape index (κ1) is 16.8. The third-order valence-corrected chi connectivity index (χ3v) is 4.62. The highest BCUT2D eigenvalue weighted by atomic mass is 16.8. The largest absolute Gasteiger partial charge is 0.462 e. The summed E-state index contributed by atoms with van der Waals surface area (Å²) >= 11 is 0. The van der Waals surface area contributed by atoms with Crippen LogP contribution in [0.4, 0.5) is 5.69 Å². The maximum Gasteiger partial charge on any atom is 0.340 e. The lowest BCUT2D eigenvalue weighted by molar-refractivity contribution is -0.161. The number of hydrogen-bond acceptors (Lipinski definition) is 5. The molecule has 2 aromatic rings. The Labute approximate surface area is 152 Å². The molecule has 2 aliphatic rings. The van der Waals surface area contributed by atoms with Gasteiger partial charge in [-0.05, 0) is 26.0 Å². The van der Waals surface area contributed by atoms with Crippen molar-refractivity contribution in [1.82, 2.24) is 0 Å². The second kappa shape index (κ2) is 6.59. The van der Waals surface area contributed by atoms with Crippen molar-refractivity contribution in [3.63, 3.8) is 0 Å². The van der Waals surface area contributed by atoms with Gasteiger partial charge in [0, 0.05) is 23.0 Å². The zero-order chi connectivity index (χ0) is 18.1. The number of carbonyl (C=O) groups excluding carboxylic acids is 1. The molecule has 4 rings (SSSR count). The van der Waals surface area contributed by atoms with Crippen LogP contribution < -0.4 is 4.90 Å². The number of anilines is 1. The third kappa shape index (κ3) is 2.60. The van der Waals surface area contributed by atoms with Crippen LogP contribution in [0, 0.1) is 6.92 Å². The molecule has 0 atom stereocenters. The predicted molar refractivity (Wildman–Crippen MR) is 98.3 cm³/mol. The molecule has 0 aromatic heterocycles. The Morgan fingerprint density at radius 3 is 2.50 bits per heavy atom. The number of rotatable bonds is 3. The Kier molecular flexibility index (Phi) is 4.26. The molecule has 134 valence electrons. The van der Waals surface area contributed by atoms with Gasteiger partial charge >= 0.3 is 5.97 Å². The summed E-state index contributed by atoms with van der Waals surface area (Å²) in [5, 5.41) is 0. The van der Waals surface area contributed by atoms with Crippen LogP contribution in [-0.4, -0.2) is 25.8 Å². The van der Waals surface area contributed by atoms with Crippen molar-refractivity contribution in [2.45, 2.75) is 19.8 Å². The van der Waals surface area contributed by atoms with Crippen molar-refractivity contribution < 1.29 is 19.0 Å². The van der Waals surface area contributed by atoms with E-state index < -0.39 is 5.91 Å². The molecule has 26 heavy (non-hydrogen) atoms. The smallest absolute Gasteiger partial charge is 0.340 e. The molecular formula is C21H21NO4. The topological polar surface area (TPSA) is 48.0 Å². The van der Waals surface area contributed by atoms with Gasteiger partial charge in [0.2, 0.25) is 0 Å². The van der Waals surface area contributed by atoms with Crippen LogP contribution in [0.5, 0.6) is 0 Å². The van der Waals surface area contributed by atoms with Gasteiger partial charge in [0.15, 0.2) is 0 Å². The van der Waals surface area contributed by atoms with Gasteiger partial charge in [0.25, 0.3) is 5.91 Å². The van der Waals surface area contributed by atoms with Gasteiger partial charge < -0.3 is 14.2 Å². The van der Waals surface area contributed by atoms with E-state index in [1.165, 1.54) is 0 Å². The number of carbonyl (C=O) groups is 1. The summed E-state index contributed by atoms with van der Waals surface area (Å²) in [6, 6.07) is 15.7. The van der Waals surface area contributed by atoms with Gasteiger partial charge in [-0.3, -0.25) is 4.90 Å². The van der Waals surface area contributed by atoms with Crippen molar-refractivity contribution in [2.24, 2.45) is 0 Å². The van der Waals surface area contributed by atoms with Crippen molar-refractivity contribution in [2.75, 3.05) is 24.7 Å². The molecule has 0 aliphatic carbocycles. The van der Waals surface area contributed by atoms with Gasteiger partial charge in [0.05, 0.1) is 25.4 Å². The first-order chi connectivity index (χ1) is 12.7. The van der Waals surface area contributed by atoms with Crippen LogP contribution in [0.25, 0.3) is 5.57 Å². The fraction of sp³-hybridized carbons (Fsp3) is 0.286. The van der Waals surface area contributed by atoms with Gasteiger partial charge in [0.1, 0.15) is 0 Å². The number of ether oxygens (including phenoxy) is 3. The quantitative estimate of drug-likeness (QED) is 0.791. The van der Waals surface area contributed by atoms with E-state index in [1.54, 1.807) is 13.1 Å². The van der Waals surface area contributed by atoms with E-state index in [9.17, 15) is 4.79 Å². The number of hydrogen-bond donors (Lipinski definition) is 0. The van der Waals surface area contributed by atoms with Crippen LogP contribution in [0.1, 0.15) is 23.6 Å². The fourth-order valence-corrected chi connectivity index (χ4v) is 3.42. The minimum Gasteiger partial charge on any atom is -0.462 e. The summed E-state index contributed by atoms with van der Waals surface area (Å²) in [6.45, 7) is 5.13. The Hall–Kier alpha value is -2.63. The Morgan fingerprint density at radius 1 is 1.12 bits per heavy atom. The molecule has 1 fully saturated rings. The van der Waals surface area contributed by atoms with Crippen LogP contribution in [0.15, 0.2) is 54.7 Å². The van der Waals surface area contributed by atoms with E-state index in [0.717, 1.165) is 22.4 Å². The highest BCUT2D eigenvalue weighted by Gasteiger charge is 2.49. The van der Waals surface area contributed by atoms with E-state index in [0.29, 0.717) is 25.4 Å². The maximum absolute atomic E-state index is 12.6. The molecule has 2 aromatic carbocycles. The maximum atomic E-state index is 12.6. The highest BCUT2D eigenvalue weighted by Crippen LogP contribution is 2.45. The Balaban J connectivity index is 1.91. The molecule has 1 spiro atoms. The predicted octanol–water partition coefficient (Wildman–Crippen LogP) is 3.58. The summed E-state index contributed by atoms with van der Waals surface area (Å²) in [6.07, 6.45) is 1.77. The van der Waals surface area contributed by atoms with Crippen LogP contribution >= 0.6 is 0 Å². The van der Waals surface area contributed by atoms with Gasteiger partial charge in [-0.25, -0.2) is 4.79 Å². The highest BCUT2D eigenvalue weighted by molar-refractivity contribution is 6.18. The molecule has 5 heteroatoms. The summed E-state index contributed by atoms with van der Waals surface area (Å²) < 4.78 is 17.5. The van der Waals surface area contributed by atoms with Crippen molar-refractivity contribution in [1.29, 1.82) is 0 Å². The third-order valence-electron chi connectivity index (χ3n) is 4.62. The summed E-state index contributed by atoms with van der Waals surface area (Å²) in [5.74, 6) is -1.42. The second-order valence-corrected chi connectivity index (χ2v) is 6.29. The second-order valence-electron chi connectivity index (χ2n) is 6.29. The van der Waals surface area contributed by atoms with Gasteiger partial charge in [-0.1, -0.05) is 42.0 Å². The Morgan fingerprint density at radius 2 is 1.81 bits per heavy atom. The zero-order valence-electron chi connectivity index (χ0n) is 14.9. The summed E-state index contributed by atoms with van der Waals surface area (Å²) in [4.78, 5) is 14.5. The van der Waals surface area contributed by atoms with Crippen LogP contribution in [-0.2, 0) is 24.9 Å². The molecule has 0 amide bonds. The zero-order valence-corrected chi connectivity index (χ0v) is 14.9. The lowest BCUT2D eigenvalue weighted by Crippen LogP contribution is -2.47. The fourth-order valence-electron chi connectivity index (χ4n) is 3.42. The van der Waals surface area contributed by atoms with Crippen LogP contribution in [0.2, 0.25) is 0 Å². The first-order valence-corrected chi connectivity index (χ1v) is 8.78. The molecule has 5 nitrogen and oxygen atoms in total. The molecule has 0 saturated carbocycles. The number of esters is 1. The Bertz CT molecular complexity index is 851. The average molecular weight is 351 g/mol. The molecule has 0 radical (unpaired) electrons. The van der Waals surface area contributed by atoms with Crippen molar-refractivity contribution >= 4 is 17.2 Å². The number of benzene rings is 2. The van der Waals surface area contributed by atoms with Gasteiger partial charge in [-0.2, -0.15) is 0 Å². The number of aryl methyl sites for hydroxylation is 1. The normalized spacial score (nSPS) is 17.8. The molecule has 0 N–H and O–H groups in total. The lowest BCUT2D eigenvalue weighted by atomic mass is 9.93. The summed E-state index contributed by atoms with van der Waals surface area (Å²) in [5.41, 5.74) is 4.12. The lowest BCUT2D eigenvalue weighted by Gasteiger charge is -2.42. The molecule has 2 aliphatic heterocycles. The molecule has 0 bridgehead atoms. The van der Waals surface area contributed by atoms with E-state index in [1.807, 2.05) is 60.4 Å². The molecular weight excluding hydrogens is 330 g/mol. The molecule has 1 saturated heterocycles. The average Bonchev–Trinajstić information content (AvgIpc) is 3.14. The van der Waals surface area contributed by atoms with E-state index in [-0.39, 0.29) is 5.97 Å². The SMILES string of the molecule is CCOC(=O)C1=CN(c2ccc(C)cc2)C2(OCCO2)c2ccccc21. The standard InChI is InChI=1S/C21H21NO4/c1-3-24-20(23)18-14-22(16-10-8-15(2)9-11-16)21(25-12-13-26-21)19-7-5-4-6-17(18)19/h4-11,14H,3,12-13H2,1-2H3. The number of nitrogens with zero attached hydrogens (tertiary/aromatic N) is 1. The minimum absolute atomic E-state index is 0.320. The van der Waals surface area contributed by atoms with Crippen molar-refractivity contribution in [3.8, 4) is 0 Å². The molecule has 0 unspecified atom stereocenters. The molecule has 2 heterocycles. The van der Waals surface area contributed by atoms with Crippen LogP contribution in [0.3, 0.4) is 0 Å². The van der Waals surface area contributed by atoms with Gasteiger partial charge in [-0.15, -0.1) is 0 Å². The summed E-state index contributed by atoms with van der Waals surface area (Å²) in [7, 11) is 0. The van der Waals surface area contributed by atoms with E-state index >= 15 is 0 Å². The number of fused-ring (bicyclic) bond motifs is 2.